The number of rotatable bonds is 6. The van der Waals surface area contributed by atoms with E-state index >= 15 is 0 Å². The lowest BCUT2D eigenvalue weighted by molar-refractivity contribution is 0.105. The van der Waals surface area contributed by atoms with Crippen LogP contribution in [0.5, 0.6) is 5.75 Å². The van der Waals surface area contributed by atoms with Crippen LogP contribution in [-0.4, -0.2) is 22.9 Å². The maximum Gasteiger partial charge on any atom is 0.196 e. The van der Waals surface area contributed by atoms with Crippen molar-refractivity contribution in [1.82, 2.24) is 9.97 Å². The average Bonchev–Trinajstić information content (AvgIpc) is 3.20. The van der Waals surface area contributed by atoms with E-state index < -0.39 is 0 Å². The third-order valence-electron chi connectivity index (χ3n) is 4.03. The molecule has 1 aromatic heterocycles. The zero-order chi connectivity index (χ0) is 17.6. The van der Waals surface area contributed by atoms with Crippen LogP contribution in [0, 0.1) is 0 Å². The van der Waals surface area contributed by atoms with Crippen molar-refractivity contribution in [2.75, 3.05) is 7.11 Å². The summed E-state index contributed by atoms with van der Waals surface area (Å²) < 4.78 is 5.22. The SMILES string of the molecule is CCc1ccc(C=C(C(=O)c2cccc(OC)c2)c2ncc[nH]2)cc1. The Morgan fingerprint density at radius 1 is 1.20 bits per heavy atom. The van der Waals surface area contributed by atoms with Crippen molar-refractivity contribution in [3.05, 3.63) is 83.4 Å². The first-order chi connectivity index (χ1) is 12.2. The Kier molecular flexibility index (Phi) is 5.09. The summed E-state index contributed by atoms with van der Waals surface area (Å²) in [6, 6.07) is 15.3. The lowest BCUT2D eigenvalue weighted by Crippen LogP contribution is -2.04. The molecule has 0 saturated carbocycles. The molecule has 1 heterocycles. The fraction of sp³-hybridized carbons (Fsp3) is 0.143. The molecule has 0 bridgehead atoms. The minimum Gasteiger partial charge on any atom is -0.497 e. The molecule has 0 aliphatic heterocycles. The van der Waals surface area contributed by atoms with Gasteiger partial charge in [0.25, 0.3) is 0 Å². The minimum absolute atomic E-state index is 0.103. The molecule has 0 radical (unpaired) electrons. The number of nitrogens with zero attached hydrogens (tertiary/aromatic N) is 1. The van der Waals surface area contributed by atoms with E-state index in [0.29, 0.717) is 22.7 Å². The number of imidazole rings is 1. The number of Topliss-reactive ketones (excluding diaryl/α,β-unsaturated/α-hetero) is 1. The predicted molar refractivity (Wildman–Crippen MR) is 99.6 cm³/mol. The second-order valence-electron chi connectivity index (χ2n) is 5.65. The maximum atomic E-state index is 13.1. The van der Waals surface area contributed by atoms with Gasteiger partial charge < -0.3 is 9.72 Å². The number of nitrogens with one attached hydrogen (secondary N) is 1. The second-order valence-corrected chi connectivity index (χ2v) is 5.65. The molecule has 1 N–H and O–H groups in total. The van der Waals surface area contributed by atoms with Crippen LogP contribution in [0.2, 0.25) is 0 Å². The van der Waals surface area contributed by atoms with Gasteiger partial charge in [-0.3, -0.25) is 4.79 Å². The first-order valence-electron chi connectivity index (χ1n) is 8.20. The zero-order valence-electron chi connectivity index (χ0n) is 14.3. The van der Waals surface area contributed by atoms with Crippen LogP contribution in [0.4, 0.5) is 0 Å². The van der Waals surface area contributed by atoms with Crippen LogP contribution in [0.15, 0.2) is 60.9 Å². The second kappa shape index (κ2) is 7.62. The Balaban J connectivity index is 2.02. The summed E-state index contributed by atoms with van der Waals surface area (Å²) in [5.41, 5.74) is 3.30. The Bertz CT molecular complexity index is 879. The third kappa shape index (κ3) is 3.86. The topological polar surface area (TPSA) is 55.0 Å². The molecular weight excluding hydrogens is 312 g/mol. The molecule has 0 fully saturated rings. The molecule has 2 aromatic carbocycles. The molecule has 4 nitrogen and oxygen atoms in total. The van der Waals surface area contributed by atoms with Gasteiger partial charge in [0.1, 0.15) is 11.6 Å². The smallest absolute Gasteiger partial charge is 0.196 e. The Labute approximate surface area is 147 Å². The number of aromatic amines is 1. The highest BCUT2D eigenvalue weighted by molar-refractivity contribution is 6.31. The van der Waals surface area contributed by atoms with Gasteiger partial charge in [-0.05, 0) is 35.8 Å². The summed E-state index contributed by atoms with van der Waals surface area (Å²) in [5.74, 6) is 1.10. The van der Waals surface area contributed by atoms with E-state index in [1.54, 1.807) is 31.6 Å². The molecule has 0 atom stereocenters. The van der Waals surface area contributed by atoms with E-state index in [1.807, 2.05) is 30.3 Å². The van der Waals surface area contributed by atoms with Crippen molar-refractivity contribution in [1.29, 1.82) is 0 Å². The van der Waals surface area contributed by atoms with E-state index in [0.717, 1.165) is 12.0 Å². The Morgan fingerprint density at radius 2 is 2.00 bits per heavy atom. The molecule has 0 spiro atoms. The number of ketones is 1. The third-order valence-corrected chi connectivity index (χ3v) is 4.03. The number of benzene rings is 2. The first kappa shape index (κ1) is 16.7. The van der Waals surface area contributed by atoms with E-state index in [-0.39, 0.29) is 5.78 Å². The van der Waals surface area contributed by atoms with Gasteiger partial charge >= 0.3 is 0 Å². The summed E-state index contributed by atoms with van der Waals surface area (Å²) in [4.78, 5) is 20.3. The number of hydrogen-bond acceptors (Lipinski definition) is 3. The normalized spacial score (nSPS) is 11.4. The molecule has 0 saturated heterocycles. The molecule has 3 rings (SSSR count). The van der Waals surface area contributed by atoms with E-state index in [2.05, 4.69) is 29.0 Å². The molecule has 3 aromatic rings. The van der Waals surface area contributed by atoms with Crippen LogP contribution in [0.1, 0.15) is 34.2 Å². The fourth-order valence-corrected chi connectivity index (χ4v) is 2.59. The largest absolute Gasteiger partial charge is 0.497 e. The predicted octanol–water partition coefficient (Wildman–Crippen LogP) is 4.40. The van der Waals surface area contributed by atoms with Gasteiger partial charge in [0.2, 0.25) is 0 Å². The van der Waals surface area contributed by atoms with Crippen LogP contribution >= 0.6 is 0 Å². The number of carbonyl (C=O) groups excluding carboxylic acids is 1. The van der Waals surface area contributed by atoms with Gasteiger partial charge in [0.05, 0.1) is 12.7 Å². The number of aromatic nitrogens is 2. The van der Waals surface area contributed by atoms with Crippen LogP contribution < -0.4 is 4.74 Å². The number of allylic oxidation sites excluding steroid dienone is 1. The number of H-pyrrole nitrogens is 1. The maximum absolute atomic E-state index is 13.1. The highest BCUT2D eigenvalue weighted by atomic mass is 16.5. The van der Waals surface area contributed by atoms with Crippen molar-refractivity contribution >= 4 is 17.4 Å². The van der Waals surface area contributed by atoms with Crippen molar-refractivity contribution in [3.63, 3.8) is 0 Å². The summed E-state index contributed by atoms with van der Waals surface area (Å²) in [6.07, 6.45) is 6.20. The van der Waals surface area contributed by atoms with E-state index in [9.17, 15) is 4.79 Å². The Hall–Kier alpha value is -3.14. The number of carbonyl (C=O) groups is 1. The van der Waals surface area contributed by atoms with Gasteiger partial charge in [-0.2, -0.15) is 0 Å². The van der Waals surface area contributed by atoms with Gasteiger partial charge in [-0.25, -0.2) is 4.98 Å². The monoisotopic (exact) mass is 332 g/mol. The summed E-state index contributed by atoms with van der Waals surface area (Å²) >= 11 is 0. The lowest BCUT2D eigenvalue weighted by atomic mass is 9.99. The zero-order valence-corrected chi connectivity index (χ0v) is 14.3. The van der Waals surface area contributed by atoms with E-state index in [1.165, 1.54) is 5.56 Å². The number of ether oxygens (including phenoxy) is 1. The quantitative estimate of drug-likeness (QED) is 0.537. The van der Waals surface area contributed by atoms with Gasteiger partial charge in [0, 0.05) is 18.0 Å². The highest BCUT2D eigenvalue weighted by Crippen LogP contribution is 2.23. The summed E-state index contributed by atoms with van der Waals surface area (Å²) in [5, 5.41) is 0. The Morgan fingerprint density at radius 3 is 2.64 bits per heavy atom. The van der Waals surface area contributed by atoms with Gasteiger partial charge in [0.15, 0.2) is 5.78 Å². The van der Waals surface area contributed by atoms with Crippen LogP contribution in [0.3, 0.4) is 0 Å². The lowest BCUT2D eigenvalue weighted by Gasteiger charge is -2.07. The molecular formula is C21H20N2O2. The van der Waals surface area contributed by atoms with Crippen molar-refractivity contribution in [2.45, 2.75) is 13.3 Å². The van der Waals surface area contributed by atoms with Gasteiger partial charge in [-0.1, -0.05) is 43.3 Å². The number of aryl methyl sites for hydroxylation is 1. The number of hydrogen-bond donors (Lipinski definition) is 1. The van der Waals surface area contributed by atoms with Crippen LogP contribution in [-0.2, 0) is 6.42 Å². The van der Waals surface area contributed by atoms with Crippen molar-refractivity contribution in [2.24, 2.45) is 0 Å². The van der Waals surface area contributed by atoms with Crippen LogP contribution in [0.25, 0.3) is 11.6 Å². The standard InChI is InChI=1S/C21H20N2O2/c1-3-15-7-9-16(10-8-15)13-19(21-22-11-12-23-21)20(24)17-5-4-6-18(14-17)25-2/h4-14H,3H2,1-2H3,(H,22,23). The first-order valence-corrected chi connectivity index (χ1v) is 8.20. The van der Waals surface area contributed by atoms with Crippen molar-refractivity contribution in [3.8, 4) is 5.75 Å². The summed E-state index contributed by atoms with van der Waals surface area (Å²) in [7, 11) is 1.59. The van der Waals surface area contributed by atoms with Crippen molar-refractivity contribution < 1.29 is 9.53 Å². The summed E-state index contributed by atoms with van der Waals surface area (Å²) in [6.45, 7) is 2.12. The highest BCUT2D eigenvalue weighted by Gasteiger charge is 2.17. The molecule has 0 aliphatic carbocycles. The van der Waals surface area contributed by atoms with Gasteiger partial charge in [-0.15, -0.1) is 0 Å². The molecule has 0 aliphatic rings. The molecule has 126 valence electrons. The van der Waals surface area contributed by atoms with E-state index in [4.69, 9.17) is 4.74 Å². The average molecular weight is 332 g/mol. The molecule has 4 heteroatoms. The fourth-order valence-electron chi connectivity index (χ4n) is 2.59. The molecule has 0 amide bonds. The number of methoxy groups -OCH3 is 1. The molecule has 0 unspecified atom stereocenters. The molecule has 25 heavy (non-hydrogen) atoms. The minimum atomic E-state index is -0.103.